The molecule has 0 amide bonds. The number of nitrogens with zero attached hydrogens (tertiary/aromatic N) is 1. The summed E-state index contributed by atoms with van der Waals surface area (Å²) in [6, 6.07) is 20.3. The Hall–Kier alpha value is -3.86. The minimum Gasteiger partial charge on any atom is -0.440 e. The Labute approximate surface area is 197 Å². The fraction of sp³-hybridized carbons (Fsp3) is 0.0400. The number of carbonyl (C=O) groups is 1. The van der Waals surface area contributed by atoms with Crippen molar-refractivity contribution in [3.05, 3.63) is 105 Å². The maximum absolute atomic E-state index is 14.6. The minimum absolute atomic E-state index is 0.106. The molecule has 0 bridgehead atoms. The minimum atomic E-state index is -0.748. The predicted molar refractivity (Wildman–Crippen MR) is 124 cm³/mol. The van der Waals surface area contributed by atoms with Gasteiger partial charge in [-0.15, -0.1) is 11.3 Å². The Morgan fingerprint density at radius 1 is 1.12 bits per heavy atom. The number of allylic oxidation sites excluding steroid dienone is 1. The van der Waals surface area contributed by atoms with Crippen molar-refractivity contribution in [2.45, 2.75) is 5.92 Å². The summed E-state index contributed by atoms with van der Waals surface area (Å²) < 4.78 is 26.6. The van der Waals surface area contributed by atoms with Crippen molar-refractivity contribution >= 4 is 39.0 Å². The molecule has 5 rings (SSSR count). The van der Waals surface area contributed by atoms with Gasteiger partial charge in [0.1, 0.15) is 33.8 Å². The summed E-state index contributed by atoms with van der Waals surface area (Å²) >= 11 is 7.62. The van der Waals surface area contributed by atoms with Gasteiger partial charge in [-0.1, -0.05) is 54.1 Å². The van der Waals surface area contributed by atoms with Crippen molar-refractivity contribution in [1.29, 1.82) is 5.26 Å². The maximum atomic E-state index is 14.6. The summed E-state index contributed by atoms with van der Waals surface area (Å²) in [6.45, 7) is 0. The van der Waals surface area contributed by atoms with Gasteiger partial charge in [-0.05, 0) is 18.2 Å². The highest BCUT2D eigenvalue weighted by molar-refractivity contribution is 7.21. The average molecular weight is 477 g/mol. The molecule has 0 radical (unpaired) electrons. The predicted octanol–water partition coefficient (Wildman–Crippen LogP) is 6.13. The van der Waals surface area contributed by atoms with Crippen molar-refractivity contribution < 1.29 is 18.7 Å². The van der Waals surface area contributed by atoms with Gasteiger partial charge < -0.3 is 15.2 Å². The molecule has 0 aliphatic carbocycles. The summed E-state index contributed by atoms with van der Waals surface area (Å²) in [5, 5.41) is 10.7. The Morgan fingerprint density at radius 3 is 2.64 bits per heavy atom. The van der Waals surface area contributed by atoms with Gasteiger partial charge in [0.2, 0.25) is 5.88 Å². The van der Waals surface area contributed by atoms with Crippen LogP contribution in [0.2, 0.25) is 5.02 Å². The monoisotopic (exact) mass is 476 g/mol. The summed E-state index contributed by atoms with van der Waals surface area (Å²) in [7, 11) is 0. The number of nitrogens with two attached hydrogens (primary N) is 1. The van der Waals surface area contributed by atoms with Crippen LogP contribution >= 0.6 is 22.9 Å². The van der Waals surface area contributed by atoms with E-state index in [-0.39, 0.29) is 27.8 Å². The zero-order valence-electron chi connectivity index (χ0n) is 16.8. The Bertz CT molecular complexity index is 1510. The molecule has 8 heteroatoms. The van der Waals surface area contributed by atoms with Crippen LogP contribution in [-0.4, -0.2) is 5.97 Å². The standard InChI is InChI=1S/C25H14ClFN2O3S/c26-22-16-6-2-4-8-20(16)33-23(22)25(30)31-13-9-10-15-19(11-13)32-24(29)17(12-28)21(15)14-5-1-3-7-18(14)27/h1-11,21H,29H2. The lowest BCUT2D eigenvalue weighted by molar-refractivity contribution is 0.0740. The van der Waals surface area contributed by atoms with Crippen molar-refractivity contribution in [1.82, 2.24) is 0 Å². The van der Waals surface area contributed by atoms with Gasteiger partial charge in [0.15, 0.2) is 0 Å². The van der Waals surface area contributed by atoms with E-state index >= 15 is 0 Å². The van der Waals surface area contributed by atoms with Gasteiger partial charge in [-0.3, -0.25) is 0 Å². The van der Waals surface area contributed by atoms with Gasteiger partial charge in [0, 0.05) is 27.3 Å². The lowest BCUT2D eigenvalue weighted by Crippen LogP contribution is -2.21. The number of esters is 1. The van der Waals surface area contributed by atoms with E-state index < -0.39 is 17.7 Å². The number of hydrogen-bond donors (Lipinski definition) is 1. The molecule has 1 unspecified atom stereocenters. The normalized spacial score (nSPS) is 15.0. The Morgan fingerprint density at radius 2 is 1.88 bits per heavy atom. The fourth-order valence-corrected chi connectivity index (χ4v) is 5.21. The third-order valence-electron chi connectivity index (χ3n) is 5.34. The molecule has 1 aliphatic heterocycles. The van der Waals surface area contributed by atoms with E-state index in [0.717, 1.165) is 10.1 Å². The SMILES string of the molecule is N#CC1=C(N)Oc2cc(OC(=O)c3sc4ccccc4c3Cl)ccc2C1c1ccccc1F. The molecule has 162 valence electrons. The fourth-order valence-electron chi connectivity index (χ4n) is 3.83. The Kier molecular flexibility index (Phi) is 5.25. The second-order valence-corrected chi connectivity index (χ2v) is 8.71. The van der Waals surface area contributed by atoms with Crippen LogP contribution < -0.4 is 15.2 Å². The maximum Gasteiger partial charge on any atom is 0.355 e. The van der Waals surface area contributed by atoms with E-state index in [1.165, 1.54) is 23.5 Å². The first-order chi connectivity index (χ1) is 16.0. The molecular formula is C25H14ClFN2O3S. The molecule has 1 aromatic heterocycles. The summed E-state index contributed by atoms with van der Waals surface area (Å²) in [5.74, 6) is -1.48. The van der Waals surface area contributed by atoms with Crippen molar-refractivity contribution in [2.75, 3.05) is 0 Å². The first-order valence-corrected chi connectivity index (χ1v) is 11.0. The first-order valence-electron chi connectivity index (χ1n) is 9.83. The number of halogens is 2. The molecule has 2 N–H and O–H groups in total. The number of hydrogen-bond acceptors (Lipinski definition) is 6. The Balaban J connectivity index is 1.51. The van der Waals surface area contributed by atoms with Gasteiger partial charge in [0.05, 0.1) is 10.9 Å². The molecule has 2 heterocycles. The smallest absolute Gasteiger partial charge is 0.355 e. The average Bonchev–Trinajstić information content (AvgIpc) is 3.15. The van der Waals surface area contributed by atoms with Gasteiger partial charge in [-0.25, -0.2) is 9.18 Å². The molecule has 4 aromatic rings. The second-order valence-electron chi connectivity index (χ2n) is 7.28. The number of rotatable bonds is 3. The van der Waals surface area contributed by atoms with Crippen LogP contribution in [0.5, 0.6) is 11.5 Å². The van der Waals surface area contributed by atoms with E-state index in [1.54, 1.807) is 30.3 Å². The molecule has 3 aromatic carbocycles. The van der Waals surface area contributed by atoms with Crippen LogP contribution in [0.1, 0.15) is 26.7 Å². The topological polar surface area (TPSA) is 85.3 Å². The van der Waals surface area contributed by atoms with Crippen LogP contribution in [0.4, 0.5) is 4.39 Å². The van der Waals surface area contributed by atoms with E-state index in [2.05, 4.69) is 0 Å². The third-order valence-corrected chi connectivity index (χ3v) is 6.99. The summed E-state index contributed by atoms with van der Waals surface area (Å²) in [4.78, 5) is 13.1. The van der Waals surface area contributed by atoms with Gasteiger partial charge in [0.25, 0.3) is 0 Å². The molecule has 0 saturated carbocycles. The molecule has 5 nitrogen and oxygen atoms in total. The first kappa shape index (κ1) is 21.0. The lowest BCUT2D eigenvalue weighted by atomic mass is 9.83. The molecule has 0 fully saturated rings. The lowest BCUT2D eigenvalue weighted by Gasteiger charge is -2.26. The van der Waals surface area contributed by atoms with Gasteiger partial charge in [-0.2, -0.15) is 5.26 Å². The zero-order valence-corrected chi connectivity index (χ0v) is 18.4. The molecule has 1 atom stereocenters. The number of fused-ring (bicyclic) bond motifs is 2. The summed E-state index contributed by atoms with van der Waals surface area (Å²) in [5.41, 5.74) is 6.91. The van der Waals surface area contributed by atoms with Crippen molar-refractivity contribution in [3.63, 3.8) is 0 Å². The van der Waals surface area contributed by atoms with Crippen LogP contribution in [0, 0.1) is 17.1 Å². The number of ether oxygens (including phenoxy) is 2. The van der Waals surface area contributed by atoms with Crippen molar-refractivity contribution in [3.8, 4) is 17.6 Å². The summed E-state index contributed by atoms with van der Waals surface area (Å²) in [6.07, 6.45) is 0. The molecule has 1 aliphatic rings. The van der Waals surface area contributed by atoms with Crippen LogP contribution in [0.3, 0.4) is 0 Å². The highest BCUT2D eigenvalue weighted by Gasteiger charge is 2.32. The molecular weight excluding hydrogens is 463 g/mol. The number of carbonyl (C=O) groups excluding carboxylic acids is 1. The zero-order chi connectivity index (χ0) is 23.1. The van der Waals surface area contributed by atoms with Crippen LogP contribution in [0.25, 0.3) is 10.1 Å². The van der Waals surface area contributed by atoms with E-state index in [1.807, 2.05) is 30.3 Å². The highest BCUT2D eigenvalue weighted by Crippen LogP contribution is 2.44. The molecule has 33 heavy (non-hydrogen) atoms. The molecule has 0 spiro atoms. The van der Waals surface area contributed by atoms with Gasteiger partial charge >= 0.3 is 5.97 Å². The van der Waals surface area contributed by atoms with Crippen molar-refractivity contribution in [2.24, 2.45) is 5.73 Å². The van der Waals surface area contributed by atoms with E-state index in [4.69, 9.17) is 26.8 Å². The van der Waals surface area contributed by atoms with E-state index in [0.29, 0.717) is 16.1 Å². The number of benzene rings is 3. The third kappa shape index (κ3) is 3.59. The largest absolute Gasteiger partial charge is 0.440 e. The second kappa shape index (κ2) is 8.24. The van der Waals surface area contributed by atoms with E-state index in [9.17, 15) is 14.4 Å². The number of thiophene rings is 1. The highest BCUT2D eigenvalue weighted by atomic mass is 35.5. The number of nitriles is 1. The quantitative estimate of drug-likeness (QED) is 0.284. The van der Waals surface area contributed by atoms with Crippen LogP contribution in [0.15, 0.2) is 78.2 Å². The molecule has 0 saturated heterocycles. The van der Waals surface area contributed by atoms with Crippen LogP contribution in [-0.2, 0) is 0 Å².